The number of primary sulfonamides is 1. The van der Waals surface area contributed by atoms with Crippen LogP contribution in [0.2, 0.25) is 0 Å². The fourth-order valence-electron chi connectivity index (χ4n) is 1.79. The molecule has 3 rings (SSSR count). The van der Waals surface area contributed by atoms with E-state index in [2.05, 4.69) is 10.2 Å². The quantitative estimate of drug-likeness (QED) is 0.802. The second-order valence-corrected chi connectivity index (χ2v) is 6.05. The fraction of sp³-hybridized carbons (Fsp3) is 0.273. The van der Waals surface area contributed by atoms with Gasteiger partial charge in [-0.1, -0.05) is 0 Å². The zero-order valence-electron chi connectivity index (χ0n) is 9.91. The largest absolute Gasteiger partial charge is 0.420 e. The molecule has 100 valence electrons. The standard InChI is InChI=1S/C11H12N4O3S/c12-7-3-4-8(9(5-7)19(13,16)17)11-15-14-10(18-11)6-1-2-6/h3-6H,1-2,12H2,(H2,13,16,17). The van der Waals surface area contributed by atoms with Crippen molar-refractivity contribution in [2.75, 3.05) is 5.73 Å². The van der Waals surface area contributed by atoms with Crippen LogP contribution in [-0.4, -0.2) is 18.6 Å². The van der Waals surface area contributed by atoms with Gasteiger partial charge in [0.25, 0.3) is 0 Å². The van der Waals surface area contributed by atoms with E-state index in [1.165, 1.54) is 12.1 Å². The van der Waals surface area contributed by atoms with Gasteiger partial charge in [0.15, 0.2) is 0 Å². The van der Waals surface area contributed by atoms with E-state index in [0.717, 1.165) is 12.8 Å². The van der Waals surface area contributed by atoms with E-state index in [9.17, 15) is 8.42 Å². The van der Waals surface area contributed by atoms with Crippen molar-refractivity contribution in [2.45, 2.75) is 23.7 Å². The lowest BCUT2D eigenvalue weighted by atomic mass is 10.2. The van der Waals surface area contributed by atoms with E-state index >= 15 is 0 Å². The molecule has 0 atom stereocenters. The van der Waals surface area contributed by atoms with Crippen molar-refractivity contribution in [3.8, 4) is 11.5 Å². The van der Waals surface area contributed by atoms with Gasteiger partial charge in [0.1, 0.15) is 0 Å². The zero-order chi connectivity index (χ0) is 13.6. The summed E-state index contributed by atoms with van der Waals surface area (Å²) in [6.07, 6.45) is 2.04. The summed E-state index contributed by atoms with van der Waals surface area (Å²) in [5.74, 6) is 0.978. The van der Waals surface area contributed by atoms with Crippen molar-refractivity contribution in [3.63, 3.8) is 0 Å². The van der Waals surface area contributed by atoms with Crippen molar-refractivity contribution < 1.29 is 12.8 Å². The Morgan fingerprint density at radius 1 is 1.26 bits per heavy atom. The molecule has 8 heteroatoms. The second kappa shape index (κ2) is 4.04. The number of nitrogens with zero attached hydrogens (tertiary/aromatic N) is 2. The van der Waals surface area contributed by atoms with Gasteiger partial charge in [-0.2, -0.15) is 0 Å². The van der Waals surface area contributed by atoms with Crippen LogP contribution in [0.3, 0.4) is 0 Å². The average molecular weight is 280 g/mol. The van der Waals surface area contributed by atoms with Gasteiger partial charge in [-0.05, 0) is 31.0 Å². The van der Waals surface area contributed by atoms with Crippen molar-refractivity contribution >= 4 is 15.7 Å². The lowest BCUT2D eigenvalue weighted by Crippen LogP contribution is -2.14. The van der Waals surface area contributed by atoms with Crippen LogP contribution in [0.15, 0.2) is 27.5 Å². The maximum atomic E-state index is 11.6. The van der Waals surface area contributed by atoms with Crippen LogP contribution in [0.1, 0.15) is 24.7 Å². The fourth-order valence-corrected chi connectivity index (χ4v) is 2.55. The molecule has 0 bridgehead atoms. The third kappa shape index (κ3) is 2.32. The molecule has 1 aromatic carbocycles. The van der Waals surface area contributed by atoms with Crippen molar-refractivity contribution in [3.05, 3.63) is 24.1 Å². The highest BCUT2D eigenvalue weighted by Crippen LogP contribution is 2.40. The number of anilines is 1. The van der Waals surface area contributed by atoms with Crippen molar-refractivity contribution in [1.82, 2.24) is 10.2 Å². The summed E-state index contributed by atoms with van der Waals surface area (Å²) in [5.41, 5.74) is 6.15. The van der Waals surface area contributed by atoms with Crippen LogP contribution in [0.25, 0.3) is 11.5 Å². The summed E-state index contributed by atoms with van der Waals surface area (Å²) in [5, 5.41) is 13.0. The van der Waals surface area contributed by atoms with Crippen LogP contribution < -0.4 is 10.9 Å². The van der Waals surface area contributed by atoms with Crippen LogP contribution >= 0.6 is 0 Å². The minimum Gasteiger partial charge on any atom is -0.420 e. The van der Waals surface area contributed by atoms with Gasteiger partial charge in [0.2, 0.25) is 21.8 Å². The number of nitrogen functional groups attached to an aromatic ring is 1. The van der Waals surface area contributed by atoms with Gasteiger partial charge in [0, 0.05) is 11.6 Å². The SMILES string of the molecule is Nc1ccc(-c2nnc(C3CC3)o2)c(S(N)(=O)=O)c1. The Bertz CT molecular complexity index is 734. The van der Waals surface area contributed by atoms with E-state index in [1.54, 1.807) is 6.07 Å². The smallest absolute Gasteiger partial charge is 0.249 e. The molecule has 1 fully saturated rings. The molecule has 19 heavy (non-hydrogen) atoms. The molecule has 1 aliphatic rings. The summed E-state index contributed by atoms with van der Waals surface area (Å²) in [6, 6.07) is 4.36. The monoisotopic (exact) mass is 280 g/mol. The average Bonchev–Trinajstić information content (AvgIpc) is 3.07. The molecule has 0 spiro atoms. The highest BCUT2D eigenvalue weighted by Gasteiger charge is 2.30. The minimum absolute atomic E-state index is 0.113. The number of aromatic nitrogens is 2. The third-order valence-corrected chi connectivity index (χ3v) is 3.86. The van der Waals surface area contributed by atoms with Crippen LogP contribution in [0.5, 0.6) is 0 Å². The molecule has 1 aromatic heterocycles. The molecule has 1 aliphatic carbocycles. The Labute approximate surface area is 109 Å². The lowest BCUT2D eigenvalue weighted by Gasteiger charge is -2.04. The van der Waals surface area contributed by atoms with E-state index in [4.69, 9.17) is 15.3 Å². The molecule has 2 aromatic rings. The first-order chi connectivity index (χ1) is 8.95. The summed E-state index contributed by atoms with van der Waals surface area (Å²) in [6.45, 7) is 0. The predicted molar refractivity (Wildman–Crippen MR) is 67.5 cm³/mol. The number of benzene rings is 1. The second-order valence-electron chi connectivity index (χ2n) is 4.52. The maximum Gasteiger partial charge on any atom is 0.249 e. The maximum absolute atomic E-state index is 11.6. The molecule has 4 N–H and O–H groups in total. The van der Waals surface area contributed by atoms with Gasteiger partial charge >= 0.3 is 0 Å². The number of hydrogen-bond donors (Lipinski definition) is 2. The molecule has 0 amide bonds. The Morgan fingerprint density at radius 3 is 2.63 bits per heavy atom. The van der Waals surface area contributed by atoms with E-state index in [-0.39, 0.29) is 16.3 Å². The lowest BCUT2D eigenvalue weighted by molar-refractivity contribution is 0.507. The zero-order valence-corrected chi connectivity index (χ0v) is 10.7. The van der Waals surface area contributed by atoms with Crippen LogP contribution in [0.4, 0.5) is 5.69 Å². The summed E-state index contributed by atoms with van der Waals surface area (Å²) >= 11 is 0. The number of rotatable bonds is 3. The molecule has 0 unspecified atom stereocenters. The number of sulfonamides is 1. The molecule has 0 aliphatic heterocycles. The topological polar surface area (TPSA) is 125 Å². The summed E-state index contributed by atoms with van der Waals surface area (Å²) in [7, 11) is -3.91. The number of nitrogens with two attached hydrogens (primary N) is 2. The molecule has 1 heterocycles. The Morgan fingerprint density at radius 2 is 2.00 bits per heavy atom. The Hall–Kier alpha value is -1.93. The first kappa shape index (κ1) is 12.1. The molecular formula is C11H12N4O3S. The first-order valence-electron chi connectivity index (χ1n) is 5.71. The first-order valence-corrected chi connectivity index (χ1v) is 7.26. The van der Waals surface area contributed by atoms with Gasteiger partial charge in [-0.25, -0.2) is 13.6 Å². The normalized spacial score (nSPS) is 15.6. The predicted octanol–water partition coefficient (Wildman–Crippen LogP) is 0.844. The molecular weight excluding hydrogens is 268 g/mol. The van der Waals surface area contributed by atoms with Crippen molar-refractivity contribution in [1.29, 1.82) is 0 Å². The van der Waals surface area contributed by atoms with Crippen LogP contribution in [0, 0.1) is 0 Å². The Balaban J connectivity index is 2.12. The van der Waals surface area contributed by atoms with Gasteiger partial charge in [-0.3, -0.25) is 0 Å². The number of hydrogen-bond acceptors (Lipinski definition) is 6. The highest BCUT2D eigenvalue weighted by atomic mass is 32.2. The molecule has 7 nitrogen and oxygen atoms in total. The molecule has 0 saturated heterocycles. The van der Waals surface area contributed by atoms with E-state index in [1.807, 2.05) is 0 Å². The Kier molecular flexibility index (Phi) is 2.58. The van der Waals surface area contributed by atoms with Gasteiger partial charge in [-0.15, -0.1) is 10.2 Å². The highest BCUT2D eigenvalue weighted by molar-refractivity contribution is 7.89. The van der Waals surface area contributed by atoms with E-state index in [0.29, 0.717) is 17.5 Å². The summed E-state index contributed by atoms with van der Waals surface area (Å²) < 4.78 is 28.6. The van der Waals surface area contributed by atoms with Crippen LogP contribution in [-0.2, 0) is 10.0 Å². The van der Waals surface area contributed by atoms with E-state index < -0.39 is 10.0 Å². The van der Waals surface area contributed by atoms with Crippen molar-refractivity contribution in [2.24, 2.45) is 5.14 Å². The van der Waals surface area contributed by atoms with Gasteiger partial charge in [0.05, 0.1) is 10.5 Å². The summed E-state index contributed by atoms with van der Waals surface area (Å²) in [4.78, 5) is -0.113. The minimum atomic E-state index is -3.91. The van der Waals surface area contributed by atoms with Gasteiger partial charge < -0.3 is 10.2 Å². The molecule has 0 radical (unpaired) electrons. The third-order valence-electron chi connectivity index (χ3n) is 2.91. The molecule has 1 saturated carbocycles.